The van der Waals surface area contributed by atoms with E-state index in [4.69, 9.17) is 4.74 Å². The molecule has 0 aromatic rings. The summed E-state index contributed by atoms with van der Waals surface area (Å²) in [6, 6.07) is 1.21. The lowest BCUT2D eigenvalue weighted by molar-refractivity contribution is -0.0129. The summed E-state index contributed by atoms with van der Waals surface area (Å²) in [5.41, 5.74) is 0. The number of rotatable bonds is 5. The number of piperazine rings is 1. The fourth-order valence-corrected chi connectivity index (χ4v) is 3.16. The van der Waals surface area contributed by atoms with Gasteiger partial charge < -0.3 is 15.0 Å². The molecule has 0 saturated carbocycles. The Kier molecular flexibility index (Phi) is 6.07. The van der Waals surface area contributed by atoms with Crippen molar-refractivity contribution in [3.63, 3.8) is 0 Å². The van der Waals surface area contributed by atoms with Gasteiger partial charge in [0.15, 0.2) is 0 Å². The van der Waals surface area contributed by atoms with Gasteiger partial charge in [-0.15, -0.1) is 0 Å². The van der Waals surface area contributed by atoms with Gasteiger partial charge in [-0.25, -0.2) is 0 Å². The van der Waals surface area contributed by atoms with Gasteiger partial charge in [0.2, 0.25) is 0 Å². The van der Waals surface area contributed by atoms with E-state index in [1.54, 1.807) is 0 Å². The van der Waals surface area contributed by atoms with E-state index in [0.29, 0.717) is 18.2 Å². The molecule has 4 nitrogen and oxygen atoms in total. The van der Waals surface area contributed by atoms with Gasteiger partial charge >= 0.3 is 0 Å². The molecule has 3 atom stereocenters. The van der Waals surface area contributed by atoms with E-state index in [2.05, 4.69) is 36.0 Å². The summed E-state index contributed by atoms with van der Waals surface area (Å²) in [6.45, 7) is 11.3. The smallest absolute Gasteiger partial charge is 0.0729 e. The van der Waals surface area contributed by atoms with Gasteiger partial charge in [-0.1, -0.05) is 6.92 Å². The third-order valence-corrected chi connectivity index (χ3v) is 4.61. The number of hydrogen-bond donors (Lipinski definition) is 1. The van der Waals surface area contributed by atoms with Crippen LogP contribution in [0.3, 0.4) is 0 Å². The van der Waals surface area contributed by atoms with Crippen molar-refractivity contribution in [2.45, 2.75) is 51.3 Å². The predicted octanol–water partition coefficient (Wildman–Crippen LogP) is 1.17. The zero-order valence-corrected chi connectivity index (χ0v) is 12.9. The van der Waals surface area contributed by atoms with Gasteiger partial charge in [0, 0.05) is 44.8 Å². The summed E-state index contributed by atoms with van der Waals surface area (Å²) in [5, 5.41) is 3.67. The van der Waals surface area contributed by atoms with E-state index < -0.39 is 0 Å². The lowest BCUT2D eigenvalue weighted by Crippen LogP contribution is -2.51. The molecule has 0 radical (unpaired) electrons. The van der Waals surface area contributed by atoms with Gasteiger partial charge in [-0.05, 0) is 33.2 Å². The minimum absolute atomic E-state index is 0.425. The molecule has 0 amide bonds. The largest absolute Gasteiger partial charge is 0.375 e. The first-order valence-electron chi connectivity index (χ1n) is 7.97. The molecule has 3 unspecified atom stereocenters. The van der Waals surface area contributed by atoms with Gasteiger partial charge in [0.25, 0.3) is 0 Å². The quantitative estimate of drug-likeness (QED) is 0.811. The first-order valence-corrected chi connectivity index (χ1v) is 7.97. The van der Waals surface area contributed by atoms with Crippen molar-refractivity contribution in [2.24, 2.45) is 0 Å². The zero-order valence-electron chi connectivity index (χ0n) is 12.9. The Labute approximate surface area is 118 Å². The Morgan fingerprint density at radius 3 is 2.58 bits per heavy atom. The van der Waals surface area contributed by atoms with E-state index in [0.717, 1.165) is 13.2 Å². The minimum atomic E-state index is 0.425. The van der Waals surface area contributed by atoms with E-state index in [-0.39, 0.29) is 0 Å². The maximum atomic E-state index is 6.15. The van der Waals surface area contributed by atoms with E-state index in [1.165, 1.54) is 45.4 Å². The molecule has 0 aromatic heterocycles. The van der Waals surface area contributed by atoms with Crippen molar-refractivity contribution in [1.82, 2.24) is 15.1 Å². The van der Waals surface area contributed by atoms with Crippen LogP contribution < -0.4 is 5.32 Å². The second-order valence-electron chi connectivity index (χ2n) is 6.21. The Balaban J connectivity index is 1.64. The molecule has 1 N–H and O–H groups in total. The molecule has 2 saturated heterocycles. The first kappa shape index (κ1) is 15.2. The summed E-state index contributed by atoms with van der Waals surface area (Å²) in [4.78, 5) is 4.93. The van der Waals surface area contributed by atoms with Gasteiger partial charge in [-0.2, -0.15) is 0 Å². The topological polar surface area (TPSA) is 27.7 Å². The molecular weight excluding hydrogens is 238 g/mol. The minimum Gasteiger partial charge on any atom is -0.375 e. The Morgan fingerprint density at radius 1 is 1.16 bits per heavy atom. The molecule has 4 heteroatoms. The maximum absolute atomic E-state index is 6.15. The van der Waals surface area contributed by atoms with E-state index in [9.17, 15) is 0 Å². The second-order valence-corrected chi connectivity index (χ2v) is 6.21. The summed E-state index contributed by atoms with van der Waals surface area (Å²) >= 11 is 0. The molecule has 2 fully saturated rings. The van der Waals surface area contributed by atoms with E-state index in [1.807, 2.05) is 0 Å². The Morgan fingerprint density at radius 2 is 1.89 bits per heavy atom. The molecular formula is C15H31N3O. The third-order valence-electron chi connectivity index (χ3n) is 4.61. The maximum Gasteiger partial charge on any atom is 0.0729 e. The van der Waals surface area contributed by atoms with Crippen LogP contribution >= 0.6 is 0 Å². The highest BCUT2D eigenvalue weighted by molar-refractivity contribution is 4.85. The lowest BCUT2D eigenvalue weighted by Gasteiger charge is -2.37. The van der Waals surface area contributed by atoms with Crippen molar-refractivity contribution < 1.29 is 4.74 Å². The lowest BCUT2D eigenvalue weighted by atomic mass is 9.95. The molecule has 2 rings (SSSR count). The summed E-state index contributed by atoms with van der Waals surface area (Å²) < 4.78 is 6.15. The van der Waals surface area contributed by atoms with Crippen molar-refractivity contribution in [3.05, 3.63) is 0 Å². The average Bonchev–Trinajstić information content (AvgIpc) is 2.42. The van der Waals surface area contributed by atoms with Crippen LogP contribution in [0.2, 0.25) is 0 Å². The van der Waals surface area contributed by atoms with Crippen LogP contribution in [0, 0.1) is 0 Å². The van der Waals surface area contributed by atoms with Crippen LogP contribution in [0.25, 0.3) is 0 Å². The standard InChI is InChI=1S/C15H31N3O/c1-4-14-15(6-5-13(2)16-14)19-12-11-18-9-7-17(3)8-10-18/h13-16H,4-12H2,1-3H3. The summed E-state index contributed by atoms with van der Waals surface area (Å²) in [6.07, 6.45) is 4.06. The average molecular weight is 269 g/mol. The number of likely N-dealkylation sites (N-methyl/N-ethyl adjacent to an activating group) is 1. The molecule has 19 heavy (non-hydrogen) atoms. The number of hydrogen-bond acceptors (Lipinski definition) is 4. The van der Waals surface area contributed by atoms with Crippen molar-refractivity contribution in [1.29, 1.82) is 0 Å². The van der Waals surface area contributed by atoms with Crippen LogP contribution in [0.15, 0.2) is 0 Å². The number of nitrogens with one attached hydrogen (secondary N) is 1. The zero-order chi connectivity index (χ0) is 13.7. The highest BCUT2D eigenvalue weighted by Gasteiger charge is 2.27. The van der Waals surface area contributed by atoms with Gasteiger partial charge in [-0.3, -0.25) is 4.90 Å². The molecule has 2 aliphatic heterocycles. The highest BCUT2D eigenvalue weighted by atomic mass is 16.5. The van der Waals surface area contributed by atoms with Crippen LogP contribution in [-0.2, 0) is 4.74 Å². The van der Waals surface area contributed by atoms with Crippen molar-refractivity contribution in [3.8, 4) is 0 Å². The van der Waals surface area contributed by atoms with Gasteiger partial charge in [0.05, 0.1) is 12.7 Å². The number of nitrogens with zero attached hydrogens (tertiary/aromatic N) is 2. The van der Waals surface area contributed by atoms with Crippen molar-refractivity contribution >= 4 is 0 Å². The third kappa shape index (κ3) is 4.71. The summed E-state index contributed by atoms with van der Waals surface area (Å²) in [7, 11) is 2.20. The Bertz CT molecular complexity index is 254. The molecule has 112 valence electrons. The summed E-state index contributed by atoms with van der Waals surface area (Å²) in [5.74, 6) is 0. The fourth-order valence-electron chi connectivity index (χ4n) is 3.16. The molecule has 0 spiro atoms. The molecule has 2 heterocycles. The number of piperidine rings is 1. The van der Waals surface area contributed by atoms with Crippen LogP contribution in [0.5, 0.6) is 0 Å². The SMILES string of the molecule is CCC1NC(C)CCC1OCCN1CCN(C)CC1. The monoisotopic (exact) mass is 269 g/mol. The fraction of sp³-hybridized carbons (Fsp3) is 1.00. The number of ether oxygens (including phenoxy) is 1. The molecule has 0 aliphatic carbocycles. The molecule has 2 aliphatic rings. The highest BCUT2D eigenvalue weighted by Crippen LogP contribution is 2.18. The van der Waals surface area contributed by atoms with E-state index >= 15 is 0 Å². The first-order chi connectivity index (χ1) is 9.19. The van der Waals surface area contributed by atoms with Crippen LogP contribution in [0.1, 0.15) is 33.1 Å². The Hall–Kier alpha value is -0.160. The normalized spacial score (nSPS) is 34.6. The van der Waals surface area contributed by atoms with Crippen LogP contribution in [-0.4, -0.2) is 74.4 Å². The second kappa shape index (κ2) is 7.58. The molecule has 0 aromatic carbocycles. The van der Waals surface area contributed by atoms with Crippen molar-refractivity contribution in [2.75, 3.05) is 46.4 Å². The predicted molar refractivity (Wildman–Crippen MR) is 79.6 cm³/mol. The molecule has 0 bridgehead atoms. The van der Waals surface area contributed by atoms with Gasteiger partial charge in [0.1, 0.15) is 0 Å². The van der Waals surface area contributed by atoms with Crippen LogP contribution in [0.4, 0.5) is 0 Å².